The van der Waals surface area contributed by atoms with E-state index < -0.39 is 0 Å². The summed E-state index contributed by atoms with van der Waals surface area (Å²) >= 11 is 0. The van der Waals surface area contributed by atoms with E-state index in [0.717, 1.165) is 25.4 Å². The van der Waals surface area contributed by atoms with Gasteiger partial charge in [0.1, 0.15) is 0 Å². The highest BCUT2D eigenvalue weighted by Crippen LogP contribution is 2.18. The summed E-state index contributed by atoms with van der Waals surface area (Å²) in [5.41, 5.74) is 7.10. The van der Waals surface area contributed by atoms with Crippen LogP contribution in [-0.4, -0.2) is 19.0 Å². The molecule has 134 valence electrons. The van der Waals surface area contributed by atoms with Crippen LogP contribution in [0.1, 0.15) is 68.3 Å². The van der Waals surface area contributed by atoms with Crippen LogP contribution in [0.25, 0.3) is 0 Å². The molecule has 0 aromatic heterocycles. The lowest BCUT2D eigenvalue weighted by molar-refractivity contribution is 0.100. The van der Waals surface area contributed by atoms with Crippen molar-refractivity contribution in [3.05, 3.63) is 35.4 Å². The predicted molar refractivity (Wildman–Crippen MR) is 104 cm³/mol. The van der Waals surface area contributed by atoms with Crippen LogP contribution in [0, 0.1) is 18.8 Å². The van der Waals surface area contributed by atoms with Crippen LogP contribution >= 0.6 is 0 Å². The second kappa shape index (κ2) is 14.8. The number of unbranched alkanes of at least 4 members (excludes halogenated alkanes) is 3. The van der Waals surface area contributed by atoms with Gasteiger partial charge in [0.15, 0.2) is 0 Å². The van der Waals surface area contributed by atoms with Gasteiger partial charge >= 0.3 is 0 Å². The van der Waals surface area contributed by atoms with E-state index in [1.54, 1.807) is 0 Å². The first-order valence-electron chi connectivity index (χ1n) is 9.10. The Balaban J connectivity index is 0.000000563. The number of nitrogens with two attached hydrogens (primary N) is 1. The Morgan fingerprint density at radius 1 is 1.08 bits per heavy atom. The van der Waals surface area contributed by atoms with Crippen molar-refractivity contribution in [3.63, 3.8) is 0 Å². The molecule has 2 rings (SSSR count). The molecule has 1 aliphatic rings. The van der Waals surface area contributed by atoms with Crippen LogP contribution < -0.4 is 11.1 Å². The molecular weight excluding hydrogens is 296 g/mol. The van der Waals surface area contributed by atoms with Crippen LogP contribution in [0.2, 0.25) is 0 Å². The van der Waals surface area contributed by atoms with Crippen LogP contribution in [-0.2, 0) is 6.42 Å². The lowest BCUT2D eigenvalue weighted by atomic mass is 9.91. The molecule has 0 spiro atoms. The third kappa shape index (κ3) is 10.1. The molecule has 1 aliphatic heterocycles. The Bertz CT molecular complexity index is 441. The van der Waals surface area contributed by atoms with Crippen LogP contribution in [0.5, 0.6) is 0 Å². The van der Waals surface area contributed by atoms with Crippen LogP contribution in [0.3, 0.4) is 0 Å². The monoisotopic (exact) mass is 330 g/mol. The second-order valence-electron chi connectivity index (χ2n) is 6.17. The minimum Gasteiger partial charge on any atom is -0.366 e. The Morgan fingerprint density at radius 2 is 1.58 bits per heavy atom. The van der Waals surface area contributed by atoms with Crippen molar-refractivity contribution in [2.24, 2.45) is 11.7 Å². The number of hydrogen-bond donors (Lipinski definition) is 2. The van der Waals surface area contributed by atoms with E-state index in [9.17, 15) is 4.79 Å². The molecule has 3 nitrogen and oxygen atoms in total. The number of piperidine rings is 1. The number of nitrogens with one attached hydrogen (secondary N) is 1. The lowest BCUT2D eigenvalue weighted by Gasteiger charge is -2.22. The third-order valence-corrected chi connectivity index (χ3v) is 4.18. The van der Waals surface area contributed by atoms with Crippen molar-refractivity contribution in [3.8, 4) is 12.8 Å². The van der Waals surface area contributed by atoms with Gasteiger partial charge in [-0.3, -0.25) is 4.79 Å². The van der Waals surface area contributed by atoms with Gasteiger partial charge in [-0.1, -0.05) is 51.7 Å². The summed E-state index contributed by atoms with van der Waals surface area (Å²) in [7, 11) is 0. The summed E-state index contributed by atoms with van der Waals surface area (Å²) in [6.07, 6.45) is 17.1. The Morgan fingerprint density at radius 3 is 2.00 bits per heavy atom. The molecule has 0 saturated carbocycles. The number of amides is 1. The second-order valence-corrected chi connectivity index (χ2v) is 6.17. The van der Waals surface area contributed by atoms with E-state index in [1.807, 2.05) is 24.3 Å². The molecule has 0 bridgehead atoms. The first-order chi connectivity index (χ1) is 11.7. The molecule has 1 amide bonds. The fourth-order valence-electron chi connectivity index (χ4n) is 2.72. The topological polar surface area (TPSA) is 55.1 Å². The zero-order valence-corrected chi connectivity index (χ0v) is 15.4. The summed E-state index contributed by atoms with van der Waals surface area (Å²) < 4.78 is 0. The maximum Gasteiger partial charge on any atom is 0.248 e. The zero-order chi connectivity index (χ0) is 18.2. The average molecular weight is 331 g/mol. The van der Waals surface area contributed by atoms with Crippen LogP contribution in [0.4, 0.5) is 0 Å². The SMILES string of the molecule is C#C.CCCCCC.NC(=O)c1ccc(CC2CCNCC2)cc1. The smallest absolute Gasteiger partial charge is 0.248 e. The lowest BCUT2D eigenvalue weighted by Crippen LogP contribution is -2.28. The molecule has 1 aromatic carbocycles. The maximum absolute atomic E-state index is 10.9. The number of terminal acetylenes is 1. The van der Waals surface area contributed by atoms with Crippen molar-refractivity contribution >= 4 is 5.91 Å². The third-order valence-electron chi connectivity index (χ3n) is 4.18. The van der Waals surface area contributed by atoms with Crippen molar-refractivity contribution in [1.29, 1.82) is 0 Å². The Kier molecular flexibility index (Phi) is 13.7. The van der Waals surface area contributed by atoms with Gasteiger partial charge in [-0.2, -0.15) is 0 Å². The molecule has 24 heavy (non-hydrogen) atoms. The van der Waals surface area contributed by atoms with Gasteiger partial charge in [-0.15, -0.1) is 12.8 Å². The molecule has 1 aromatic rings. The summed E-state index contributed by atoms with van der Waals surface area (Å²) in [5.74, 6) is 0.425. The van der Waals surface area contributed by atoms with Gasteiger partial charge in [0, 0.05) is 5.56 Å². The quantitative estimate of drug-likeness (QED) is 0.608. The number of benzene rings is 1. The van der Waals surface area contributed by atoms with Crippen molar-refractivity contribution in [2.45, 2.75) is 58.8 Å². The predicted octanol–water partition coefficient (Wildman–Crippen LogP) is 4.16. The fourth-order valence-corrected chi connectivity index (χ4v) is 2.72. The number of primary amides is 1. The number of hydrogen-bond acceptors (Lipinski definition) is 2. The zero-order valence-electron chi connectivity index (χ0n) is 15.4. The first kappa shape index (κ1) is 22.2. The van der Waals surface area contributed by atoms with Gasteiger partial charge in [0.2, 0.25) is 5.91 Å². The molecule has 1 fully saturated rings. The Hall–Kier alpha value is -1.79. The van der Waals surface area contributed by atoms with E-state index >= 15 is 0 Å². The maximum atomic E-state index is 10.9. The summed E-state index contributed by atoms with van der Waals surface area (Å²) in [5, 5.41) is 3.36. The van der Waals surface area contributed by atoms with E-state index in [-0.39, 0.29) is 5.91 Å². The summed E-state index contributed by atoms with van der Waals surface area (Å²) in [4.78, 5) is 10.9. The normalized spacial score (nSPS) is 13.8. The van der Waals surface area contributed by atoms with Gasteiger partial charge in [-0.25, -0.2) is 0 Å². The minimum atomic E-state index is -0.353. The Labute approximate surface area is 148 Å². The molecule has 0 radical (unpaired) electrons. The molecule has 1 heterocycles. The first-order valence-corrected chi connectivity index (χ1v) is 9.10. The molecule has 0 aliphatic carbocycles. The van der Waals surface area contributed by atoms with E-state index in [0.29, 0.717) is 5.56 Å². The molecular formula is C21H34N2O. The van der Waals surface area contributed by atoms with E-state index in [4.69, 9.17) is 5.73 Å². The van der Waals surface area contributed by atoms with Crippen molar-refractivity contribution in [1.82, 2.24) is 5.32 Å². The number of carbonyl (C=O) groups is 1. The highest BCUT2D eigenvalue weighted by atomic mass is 16.1. The van der Waals surface area contributed by atoms with Crippen molar-refractivity contribution in [2.75, 3.05) is 13.1 Å². The average Bonchev–Trinajstić information content (AvgIpc) is 2.63. The van der Waals surface area contributed by atoms with Crippen molar-refractivity contribution < 1.29 is 4.79 Å². The summed E-state index contributed by atoms with van der Waals surface area (Å²) in [6.45, 7) is 6.72. The molecule has 1 saturated heterocycles. The van der Waals surface area contributed by atoms with Gasteiger partial charge in [0.05, 0.1) is 0 Å². The summed E-state index contributed by atoms with van der Waals surface area (Å²) in [6, 6.07) is 7.67. The standard InChI is InChI=1S/C13H18N2O.C6H14.C2H2/c14-13(16)12-3-1-10(2-4-12)9-11-5-7-15-8-6-11;1-3-5-6-4-2;1-2/h1-4,11,15H,5-9H2,(H2,14,16);3-6H2,1-2H3;1-2H. The highest BCUT2D eigenvalue weighted by Gasteiger charge is 2.13. The molecule has 3 heteroatoms. The molecule has 0 unspecified atom stereocenters. The largest absolute Gasteiger partial charge is 0.366 e. The van der Waals surface area contributed by atoms with Crippen LogP contribution in [0.15, 0.2) is 24.3 Å². The van der Waals surface area contributed by atoms with Gasteiger partial charge < -0.3 is 11.1 Å². The van der Waals surface area contributed by atoms with E-state index in [2.05, 4.69) is 32.0 Å². The number of rotatable bonds is 6. The van der Waals surface area contributed by atoms with Gasteiger partial charge in [-0.05, 0) is 56.0 Å². The minimum absolute atomic E-state index is 0.353. The number of carbonyl (C=O) groups excluding carboxylic acids is 1. The fraction of sp³-hybridized carbons (Fsp3) is 0.571. The highest BCUT2D eigenvalue weighted by molar-refractivity contribution is 5.92. The molecule has 3 N–H and O–H groups in total. The van der Waals surface area contributed by atoms with E-state index in [1.165, 1.54) is 44.1 Å². The molecule has 0 atom stereocenters. The van der Waals surface area contributed by atoms with Gasteiger partial charge in [0.25, 0.3) is 0 Å².